The van der Waals surface area contributed by atoms with Crippen LogP contribution in [0, 0.1) is 29.1 Å². The van der Waals surface area contributed by atoms with Gasteiger partial charge >= 0.3 is 12.0 Å². The lowest BCUT2D eigenvalue weighted by atomic mass is 9.79. The zero-order valence-corrected chi connectivity index (χ0v) is 34.2. The molecule has 0 aromatic rings. The van der Waals surface area contributed by atoms with Crippen molar-refractivity contribution in [1.29, 1.82) is 0 Å². The fraction of sp³-hybridized carbons (Fsp3) is 0.846. The van der Waals surface area contributed by atoms with Gasteiger partial charge in [0.05, 0.1) is 6.04 Å². The summed E-state index contributed by atoms with van der Waals surface area (Å²) in [5.74, 6) is -2.65. The molecule has 296 valence electrons. The number of ether oxygens (including phenoxy) is 1. The van der Waals surface area contributed by atoms with Gasteiger partial charge in [0.25, 0.3) is 5.91 Å². The van der Waals surface area contributed by atoms with Crippen molar-refractivity contribution in [2.45, 2.75) is 172 Å². The summed E-state index contributed by atoms with van der Waals surface area (Å²) in [6.07, 6.45) is 7.67. The average molecular weight is 724 g/mol. The molecule has 1 heterocycles. The minimum Gasteiger partial charge on any atom is -0.459 e. The minimum atomic E-state index is -1.10. The maximum atomic E-state index is 14.2. The van der Waals surface area contributed by atoms with Gasteiger partial charge in [0.1, 0.15) is 24.2 Å². The molecule has 5 amide bonds. The fourth-order valence-electron chi connectivity index (χ4n) is 6.40. The molecule has 0 radical (unpaired) electrons. The Balaban J connectivity index is 0.00000251. The van der Waals surface area contributed by atoms with Crippen LogP contribution in [0.1, 0.15) is 148 Å². The van der Waals surface area contributed by atoms with Crippen LogP contribution < -0.4 is 21.7 Å². The highest BCUT2D eigenvalue weighted by atomic mass is 16.6. The molecule has 3 rings (SSSR count). The van der Waals surface area contributed by atoms with E-state index in [1.54, 1.807) is 20.8 Å². The first-order chi connectivity index (χ1) is 23.7. The molecule has 12 nitrogen and oxygen atoms in total. The molecule has 1 aliphatic heterocycles. The van der Waals surface area contributed by atoms with Crippen LogP contribution in [0.15, 0.2) is 0 Å². The SMILES string of the molecule is CC.CC(C)C.CC1CN(C(=O)C(NC(=O)NCC(=O)OC(C)(C)C)C2(C)CCCC2)C(C(=O)NC(CC2CCC2)C(=O)C(N)=O)C1C.CCC. The Kier molecular flexibility index (Phi) is 21.3. The third-order valence-corrected chi connectivity index (χ3v) is 9.22. The Morgan fingerprint density at radius 1 is 0.922 bits per heavy atom. The third kappa shape index (κ3) is 16.4. The highest BCUT2D eigenvalue weighted by Crippen LogP contribution is 2.42. The largest absolute Gasteiger partial charge is 0.459 e. The first-order valence-electron chi connectivity index (χ1n) is 19.4. The predicted molar refractivity (Wildman–Crippen MR) is 202 cm³/mol. The number of nitrogens with zero attached hydrogens (tertiary/aromatic N) is 1. The molecule has 2 aliphatic carbocycles. The van der Waals surface area contributed by atoms with Gasteiger partial charge in [-0.1, -0.05) is 108 Å². The second-order valence-electron chi connectivity index (χ2n) is 16.2. The van der Waals surface area contributed by atoms with E-state index in [0.717, 1.165) is 38.0 Å². The van der Waals surface area contributed by atoms with Crippen molar-refractivity contribution in [2.75, 3.05) is 13.1 Å². The molecule has 0 aromatic carbocycles. The van der Waals surface area contributed by atoms with Crippen molar-refractivity contribution in [3.05, 3.63) is 0 Å². The van der Waals surface area contributed by atoms with Gasteiger partial charge < -0.3 is 31.3 Å². The van der Waals surface area contributed by atoms with E-state index in [2.05, 4.69) is 50.6 Å². The number of nitrogens with one attached hydrogen (secondary N) is 3. The van der Waals surface area contributed by atoms with Crippen LogP contribution in [0.4, 0.5) is 4.79 Å². The number of Topliss-reactive ketones (excluding diaryl/α,β-unsaturated/α-hetero) is 1. The van der Waals surface area contributed by atoms with Crippen LogP contribution in [0.2, 0.25) is 0 Å². The second-order valence-corrected chi connectivity index (χ2v) is 16.2. The number of ketones is 1. The molecule has 0 spiro atoms. The van der Waals surface area contributed by atoms with Crippen LogP contribution in [0.3, 0.4) is 0 Å². The highest BCUT2D eigenvalue weighted by molar-refractivity contribution is 6.37. The summed E-state index contributed by atoms with van der Waals surface area (Å²) in [6, 6.07) is -3.55. The number of rotatable bonds is 11. The Bertz CT molecular complexity index is 1120. The standard InChI is InChI=1S/C30H49N5O7.C4H10.C3H8.C2H6/c1-17-16-35(22(18(17)2)26(39)33-20(23(37)25(31)38)14-19-10-9-11-19)27(40)24(30(6)12-7-8-13-30)34-28(41)32-15-21(36)42-29(3,4)5;1-4(2)3;1-3-2;1-2/h17-20,22,24H,7-16H2,1-6H3,(H2,31,38)(H,33,39)(H2,32,34,41);4H,1-3H3;3H2,1-2H3;1-2H3. The maximum absolute atomic E-state index is 14.2. The van der Waals surface area contributed by atoms with Crippen molar-refractivity contribution in [2.24, 2.45) is 34.8 Å². The quantitative estimate of drug-likeness (QED) is 0.152. The smallest absolute Gasteiger partial charge is 0.325 e. The zero-order valence-electron chi connectivity index (χ0n) is 34.2. The predicted octanol–water partition coefficient (Wildman–Crippen LogP) is 5.89. The molecule has 0 aromatic heterocycles. The number of carbonyl (C=O) groups is 6. The summed E-state index contributed by atoms with van der Waals surface area (Å²) in [6.45, 7) is 25.6. The van der Waals surface area contributed by atoms with E-state index in [1.165, 1.54) is 11.3 Å². The van der Waals surface area contributed by atoms with Crippen molar-refractivity contribution >= 4 is 35.5 Å². The first-order valence-corrected chi connectivity index (χ1v) is 19.4. The molecule has 3 aliphatic rings. The number of carbonyl (C=O) groups excluding carboxylic acids is 6. The lowest BCUT2D eigenvalue weighted by Gasteiger charge is -2.38. The van der Waals surface area contributed by atoms with E-state index in [4.69, 9.17) is 10.5 Å². The van der Waals surface area contributed by atoms with Crippen LogP contribution in [0.25, 0.3) is 0 Å². The molecular formula is C39H73N5O7. The Morgan fingerprint density at radius 2 is 1.43 bits per heavy atom. The second kappa shape index (κ2) is 22.7. The number of urea groups is 1. The number of hydrogen-bond acceptors (Lipinski definition) is 7. The Morgan fingerprint density at radius 3 is 1.86 bits per heavy atom. The zero-order chi connectivity index (χ0) is 39.7. The lowest BCUT2D eigenvalue weighted by Crippen LogP contribution is -2.61. The summed E-state index contributed by atoms with van der Waals surface area (Å²) in [7, 11) is 0. The summed E-state index contributed by atoms with van der Waals surface area (Å²) < 4.78 is 5.25. The van der Waals surface area contributed by atoms with Gasteiger partial charge in [-0.25, -0.2) is 4.79 Å². The maximum Gasteiger partial charge on any atom is 0.325 e. The van der Waals surface area contributed by atoms with E-state index < -0.39 is 58.7 Å². The molecule has 0 bridgehead atoms. The minimum absolute atomic E-state index is 0.0281. The fourth-order valence-corrected chi connectivity index (χ4v) is 6.40. The molecule has 5 N–H and O–H groups in total. The molecule has 5 atom stereocenters. The van der Waals surface area contributed by atoms with E-state index in [9.17, 15) is 28.8 Å². The summed E-state index contributed by atoms with van der Waals surface area (Å²) in [4.78, 5) is 78.9. The average Bonchev–Trinajstić information content (AvgIpc) is 3.58. The lowest BCUT2D eigenvalue weighted by molar-refractivity contribution is -0.153. The van der Waals surface area contributed by atoms with Crippen LogP contribution in [-0.4, -0.2) is 77.2 Å². The van der Waals surface area contributed by atoms with Gasteiger partial charge in [0.2, 0.25) is 17.6 Å². The Labute approximate surface area is 308 Å². The highest BCUT2D eigenvalue weighted by Gasteiger charge is 2.50. The molecular weight excluding hydrogens is 650 g/mol. The van der Waals surface area contributed by atoms with Crippen molar-refractivity contribution in [1.82, 2.24) is 20.9 Å². The topological polar surface area (TPSA) is 177 Å². The van der Waals surface area contributed by atoms with Crippen LogP contribution in [0.5, 0.6) is 0 Å². The first kappa shape index (κ1) is 47.8. The van der Waals surface area contributed by atoms with Gasteiger partial charge in [-0.2, -0.15) is 0 Å². The molecule has 3 fully saturated rings. The van der Waals surface area contributed by atoms with E-state index in [-0.39, 0.29) is 30.2 Å². The van der Waals surface area contributed by atoms with E-state index in [1.807, 2.05) is 34.6 Å². The summed E-state index contributed by atoms with van der Waals surface area (Å²) in [5.41, 5.74) is 4.03. The number of nitrogens with two attached hydrogens (primary N) is 1. The third-order valence-electron chi connectivity index (χ3n) is 9.22. The normalized spacial score (nSPS) is 21.8. The van der Waals surface area contributed by atoms with Gasteiger partial charge in [0, 0.05) is 6.54 Å². The van der Waals surface area contributed by atoms with Crippen molar-refractivity contribution in [3.63, 3.8) is 0 Å². The number of esters is 1. The van der Waals surface area contributed by atoms with E-state index in [0.29, 0.717) is 25.8 Å². The van der Waals surface area contributed by atoms with Crippen molar-refractivity contribution < 1.29 is 33.5 Å². The van der Waals surface area contributed by atoms with Gasteiger partial charge in [-0.15, -0.1) is 0 Å². The van der Waals surface area contributed by atoms with E-state index >= 15 is 0 Å². The Hall–Kier alpha value is -3.18. The molecule has 2 saturated carbocycles. The number of primary amides is 1. The van der Waals surface area contributed by atoms with Crippen LogP contribution in [-0.2, 0) is 28.7 Å². The monoisotopic (exact) mass is 724 g/mol. The molecule has 12 heteroatoms. The number of likely N-dealkylation sites (tertiary alicyclic amines) is 1. The van der Waals surface area contributed by atoms with Crippen LogP contribution >= 0.6 is 0 Å². The molecule has 5 unspecified atom stereocenters. The summed E-state index contributed by atoms with van der Waals surface area (Å²) in [5, 5.41) is 8.05. The summed E-state index contributed by atoms with van der Waals surface area (Å²) >= 11 is 0. The van der Waals surface area contributed by atoms with Gasteiger partial charge in [0.15, 0.2) is 0 Å². The number of amides is 5. The van der Waals surface area contributed by atoms with Gasteiger partial charge in [-0.05, 0) is 69.1 Å². The molecule has 51 heavy (non-hydrogen) atoms. The van der Waals surface area contributed by atoms with Crippen molar-refractivity contribution in [3.8, 4) is 0 Å². The number of hydrogen-bond donors (Lipinski definition) is 4. The molecule has 1 saturated heterocycles. The van der Waals surface area contributed by atoms with Gasteiger partial charge in [-0.3, -0.25) is 24.0 Å².